The van der Waals surface area contributed by atoms with Crippen molar-refractivity contribution in [3.05, 3.63) is 41.7 Å². The molecule has 1 aromatic heterocycles. The summed E-state index contributed by atoms with van der Waals surface area (Å²) in [4.78, 5) is 16.8. The van der Waals surface area contributed by atoms with E-state index in [1.165, 1.54) is 43.2 Å². The van der Waals surface area contributed by atoms with E-state index in [2.05, 4.69) is 42.4 Å². The van der Waals surface area contributed by atoms with E-state index in [1.807, 2.05) is 6.20 Å². The zero-order chi connectivity index (χ0) is 22.8. The van der Waals surface area contributed by atoms with E-state index in [0.717, 1.165) is 43.3 Å². The summed E-state index contributed by atoms with van der Waals surface area (Å²) in [7, 11) is 1.72. The van der Waals surface area contributed by atoms with Gasteiger partial charge in [0, 0.05) is 18.2 Å². The van der Waals surface area contributed by atoms with Crippen molar-refractivity contribution >= 4 is 11.5 Å². The Morgan fingerprint density at radius 1 is 1.03 bits per heavy atom. The highest BCUT2D eigenvalue weighted by Crippen LogP contribution is 2.66. The molecule has 33 heavy (non-hydrogen) atoms. The van der Waals surface area contributed by atoms with E-state index in [1.54, 1.807) is 18.9 Å². The van der Waals surface area contributed by atoms with Gasteiger partial charge in [-0.15, -0.1) is 0 Å². The number of amides is 1. The predicted octanol–water partition coefficient (Wildman–Crippen LogP) is 5.94. The maximum atomic E-state index is 12.3. The lowest BCUT2D eigenvalue weighted by Crippen LogP contribution is -2.51. The van der Waals surface area contributed by atoms with Crippen LogP contribution in [-0.2, 0) is 4.79 Å². The third kappa shape index (κ3) is 3.39. The van der Waals surface area contributed by atoms with Crippen LogP contribution in [0.3, 0.4) is 0 Å². The summed E-state index contributed by atoms with van der Waals surface area (Å²) in [6.45, 7) is 5.06. The van der Waals surface area contributed by atoms with Crippen LogP contribution in [0.5, 0.6) is 5.75 Å². The number of carbonyl (C=O) groups excluding carboxylic acids is 1. The van der Waals surface area contributed by atoms with Crippen molar-refractivity contribution in [3.63, 3.8) is 0 Å². The molecule has 3 fully saturated rings. The van der Waals surface area contributed by atoms with Gasteiger partial charge in [0.05, 0.1) is 13.3 Å². The van der Waals surface area contributed by atoms with Gasteiger partial charge in [-0.1, -0.05) is 31.6 Å². The fourth-order valence-corrected chi connectivity index (χ4v) is 8.14. The number of hydrogen-bond donors (Lipinski definition) is 1. The van der Waals surface area contributed by atoms with Gasteiger partial charge in [-0.3, -0.25) is 9.78 Å². The fourth-order valence-electron chi connectivity index (χ4n) is 8.14. The first kappa shape index (κ1) is 21.4. The van der Waals surface area contributed by atoms with E-state index >= 15 is 0 Å². The van der Waals surface area contributed by atoms with E-state index in [4.69, 9.17) is 4.74 Å². The molecule has 0 radical (unpaired) electrons. The van der Waals surface area contributed by atoms with Gasteiger partial charge in [-0.2, -0.15) is 0 Å². The third-order valence-corrected chi connectivity index (χ3v) is 10.2. The van der Waals surface area contributed by atoms with Gasteiger partial charge >= 0.3 is 0 Å². The summed E-state index contributed by atoms with van der Waals surface area (Å²) in [5.41, 5.74) is 4.91. The van der Waals surface area contributed by atoms with Crippen LogP contribution in [0.4, 0.5) is 0 Å². The molecule has 0 spiro atoms. The van der Waals surface area contributed by atoms with Crippen molar-refractivity contribution in [2.24, 2.45) is 34.5 Å². The average Bonchev–Trinajstić information content (AvgIpc) is 3.61. The second-order valence-electron chi connectivity index (χ2n) is 11.9. The summed E-state index contributed by atoms with van der Waals surface area (Å²) in [6, 6.07) is 2.51. The Labute approximate surface area is 198 Å². The Hall–Kier alpha value is -2.10. The molecule has 3 unspecified atom stereocenters. The molecule has 4 nitrogen and oxygen atoms in total. The first-order chi connectivity index (χ1) is 15.9. The van der Waals surface area contributed by atoms with Crippen LogP contribution in [0.25, 0.3) is 5.57 Å². The molecule has 1 heterocycles. The number of ether oxygens (including phenoxy) is 1. The molecule has 4 heteroatoms. The quantitative estimate of drug-likeness (QED) is 0.582. The van der Waals surface area contributed by atoms with Crippen molar-refractivity contribution in [1.82, 2.24) is 10.3 Å². The van der Waals surface area contributed by atoms with Gasteiger partial charge in [0.25, 0.3) is 0 Å². The van der Waals surface area contributed by atoms with E-state index < -0.39 is 0 Å². The number of fused-ring (bicyclic) bond motifs is 5. The highest BCUT2D eigenvalue weighted by Gasteiger charge is 2.57. The van der Waals surface area contributed by atoms with Gasteiger partial charge < -0.3 is 10.1 Å². The molecule has 5 aliphatic carbocycles. The maximum Gasteiger partial charge on any atom is 0.223 e. The number of hydrogen-bond acceptors (Lipinski definition) is 3. The van der Waals surface area contributed by atoms with Gasteiger partial charge in [0.2, 0.25) is 5.91 Å². The Kier molecular flexibility index (Phi) is 5.01. The highest BCUT2D eigenvalue weighted by molar-refractivity contribution is 5.81. The zero-order valence-corrected chi connectivity index (χ0v) is 20.4. The summed E-state index contributed by atoms with van der Waals surface area (Å²) in [6.07, 6.45) is 19.5. The number of allylic oxidation sites excluding steroid dienone is 3. The van der Waals surface area contributed by atoms with Crippen LogP contribution < -0.4 is 10.1 Å². The highest BCUT2D eigenvalue weighted by atomic mass is 16.5. The predicted molar refractivity (Wildman–Crippen MR) is 131 cm³/mol. The third-order valence-electron chi connectivity index (χ3n) is 10.2. The first-order valence-electron chi connectivity index (χ1n) is 13.1. The van der Waals surface area contributed by atoms with Gasteiger partial charge in [-0.05, 0) is 104 Å². The van der Waals surface area contributed by atoms with Crippen LogP contribution in [-0.4, -0.2) is 24.0 Å². The molecule has 0 bridgehead atoms. The normalized spacial score (nSPS) is 39.5. The van der Waals surface area contributed by atoms with Crippen molar-refractivity contribution in [1.29, 1.82) is 0 Å². The van der Waals surface area contributed by atoms with Crippen molar-refractivity contribution in [2.75, 3.05) is 7.11 Å². The Balaban J connectivity index is 1.22. The average molecular weight is 447 g/mol. The Bertz CT molecular complexity index is 1020. The van der Waals surface area contributed by atoms with Crippen LogP contribution in [0, 0.1) is 34.5 Å². The number of pyridine rings is 1. The van der Waals surface area contributed by atoms with Gasteiger partial charge in [0.15, 0.2) is 0 Å². The molecule has 6 atom stereocenters. The van der Waals surface area contributed by atoms with E-state index in [-0.39, 0.29) is 5.41 Å². The smallest absolute Gasteiger partial charge is 0.223 e. The summed E-state index contributed by atoms with van der Waals surface area (Å²) in [5, 5.41) is 3.38. The molecular weight excluding hydrogens is 408 g/mol. The molecule has 5 aliphatic rings. The summed E-state index contributed by atoms with van der Waals surface area (Å²) < 4.78 is 5.47. The lowest BCUT2D eigenvalue weighted by molar-refractivity contribution is -0.123. The van der Waals surface area contributed by atoms with Gasteiger partial charge in [-0.25, -0.2) is 0 Å². The molecule has 176 valence electrons. The Morgan fingerprint density at radius 3 is 2.64 bits per heavy atom. The number of methoxy groups -OCH3 is 1. The molecule has 1 amide bonds. The van der Waals surface area contributed by atoms with Crippen LogP contribution >= 0.6 is 0 Å². The fraction of sp³-hybridized carbons (Fsp3) is 0.655. The molecule has 0 aromatic carbocycles. The number of nitrogens with zero attached hydrogens (tertiary/aromatic N) is 1. The standard InChI is InChI=1S/C29H38N2O2/c1-28-12-10-21(31-27(32)18-4-5-18)15-20(28)6-7-23-25-9-8-24(29(25,2)13-11-26(23)28)19-14-22(33-3)17-30-16-19/h6,8,14,16-18,21,23,25-26H,4-5,7,9-13,15H2,1-3H3,(H,31,32)/t21-,23?,25?,26?,28+,29-/m1/s1. The minimum absolute atomic E-state index is 0.229. The lowest BCUT2D eigenvalue weighted by atomic mass is 9.47. The molecule has 3 saturated carbocycles. The first-order valence-corrected chi connectivity index (χ1v) is 13.1. The summed E-state index contributed by atoms with van der Waals surface area (Å²) in [5.74, 6) is 3.69. The number of aromatic nitrogens is 1. The summed E-state index contributed by atoms with van der Waals surface area (Å²) >= 11 is 0. The second kappa shape index (κ2) is 7.71. The molecule has 0 saturated heterocycles. The van der Waals surface area contributed by atoms with Crippen molar-refractivity contribution in [2.45, 2.75) is 77.7 Å². The lowest BCUT2D eigenvalue weighted by Gasteiger charge is -2.58. The minimum Gasteiger partial charge on any atom is -0.495 e. The van der Waals surface area contributed by atoms with E-state index in [0.29, 0.717) is 29.2 Å². The largest absolute Gasteiger partial charge is 0.495 e. The number of carbonyl (C=O) groups is 1. The molecule has 6 rings (SSSR count). The maximum absolute atomic E-state index is 12.3. The topological polar surface area (TPSA) is 51.2 Å². The zero-order valence-electron chi connectivity index (χ0n) is 20.4. The monoisotopic (exact) mass is 446 g/mol. The number of nitrogens with one attached hydrogen (secondary N) is 1. The van der Waals surface area contributed by atoms with Crippen LogP contribution in [0.1, 0.15) is 77.2 Å². The minimum atomic E-state index is 0.229. The van der Waals surface area contributed by atoms with E-state index in [9.17, 15) is 4.79 Å². The van der Waals surface area contributed by atoms with Crippen LogP contribution in [0.2, 0.25) is 0 Å². The molecule has 0 aliphatic heterocycles. The van der Waals surface area contributed by atoms with Crippen molar-refractivity contribution in [3.8, 4) is 5.75 Å². The molecular formula is C29H38N2O2. The van der Waals surface area contributed by atoms with Crippen molar-refractivity contribution < 1.29 is 9.53 Å². The SMILES string of the molecule is COc1cncc(C2=CCC3C4CC=C5C[C@H](NC(=O)C6CC6)CC[C@]5(C)C4CC[C@]23C)c1. The Morgan fingerprint density at radius 2 is 1.85 bits per heavy atom. The molecule has 1 N–H and O–H groups in total. The van der Waals surface area contributed by atoms with Crippen LogP contribution in [0.15, 0.2) is 36.2 Å². The second-order valence-corrected chi connectivity index (χ2v) is 11.9. The molecule has 1 aromatic rings. The number of rotatable bonds is 4. The van der Waals surface area contributed by atoms with Gasteiger partial charge in [0.1, 0.15) is 5.75 Å².